The van der Waals surface area contributed by atoms with Gasteiger partial charge in [-0.05, 0) is 34.2 Å². The minimum Gasteiger partial charge on any atom is -0.255 e. The average molecular weight is 331 g/mol. The Balaban J connectivity index is 2.31. The summed E-state index contributed by atoms with van der Waals surface area (Å²) in [5, 5.41) is 1.19. The average Bonchev–Trinajstić information content (AvgIpc) is 2.39. The molecule has 0 fully saturated rings. The lowest BCUT2D eigenvalue weighted by Gasteiger charge is -2.06. The molecule has 2 aromatic carbocycles. The molecule has 0 saturated carbocycles. The largest absolute Gasteiger partial charge is 0.255 e. The van der Waals surface area contributed by atoms with E-state index in [1.54, 1.807) is 0 Å². The van der Waals surface area contributed by atoms with Crippen molar-refractivity contribution in [3.8, 4) is 11.1 Å². The van der Waals surface area contributed by atoms with Gasteiger partial charge in [-0.1, -0.05) is 48.5 Å². The Morgan fingerprint density at radius 1 is 0.882 bits per heavy atom. The van der Waals surface area contributed by atoms with Gasteiger partial charge in [0.15, 0.2) is 0 Å². The summed E-state index contributed by atoms with van der Waals surface area (Å²) in [5.74, 6) is 0. The van der Waals surface area contributed by atoms with E-state index < -0.39 is 0 Å². The third-order valence-corrected chi connectivity index (χ3v) is 3.35. The first kappa shape index (κ1) is 10.7. The number of rotatable bonds is 1. The SMILES string of the molecule is Ic1cnc2c(-c3ccccc3)cccc2c1. The minimum absolute atomic E-state index is 1.07. The zero-order chi connectivity index (χ0) is 11.7. The summed E-state index contributed by atoms with van der Waals surface area (Å²) < 4.78 is 1.17. The van der Waals surface area contributed by atoms with Crippen LogP contribution in [0.2, 0.25) is 0 Å². The highest BCUT2D eigenvalue weighted by Gasteiger charge is 2.04. The number of nitrogens with zero attached hydrogens (tertiary/aromatic N) is 1. The van der Waals surface area contributed by atoms with E-state index in [1.807, 2.05) is 12.3 Å². The molecule has 0 bridgehead atoms. The van der Waals surface area contributed by atoms with E-state index in [2.05, 4.69) is 76.1 Å². The van der Waals surface area contributed by atoms with Crippen LogP contribution in [0.15, 0.2) is 60.8 Å². The fraction of sp³-hybridized carbons (Fsp3) is 0. The lowest BCUT2D eigenvalue weighted by Crippen LogP contribution is -1.85. The second-order valence-electron chi connectivity index (χ2n) is 3.90. The number of para-hydroxylation sites is 1. The molecule has 0 unspecified atom stereocenters. The molecule has 0 radical (unpaired) electrons. The van der Waals surface area contributed by atoms with E-state index in [-0.39, 0.29) is 0 Å². The fourth-order valence-electron chi connectivity index (χ4n) is 1.98. The summed E-state index contributed by atoms with van der Waals surface area (Å²) in [7, 11) is 0. The van der Waals surface area contributed by atoms with Gasteiger partial charge in [-0.3, -0.25) is 4.98 Å². The molecule has 0 saturated heterocycles. The van der Waals surface area contributed by atoms with Crippen molar-refractivity contribution >= 4 is 33.5 Å². The number of pyridine rings is 1. The highest BCUT2D eigenvalue weighted by atomic mass is 127. The molecule has 3 aromatic rings. The van der Waals surface area contributed by atoms with Gasteiger partial charge in [0.1, 0.15) is 0 Å². The van der Waals surface area contributed by atoms with Gasteiger partial charge in [0.05, 0.1) is 5.52 Å². The molecule has 0 atom stereocenters. The molecule has 82 valence electrons. The second kappa shape index (κ2) is 4.45. The van der Waals surface area contributed by atoms with Crippen LogP contribution in [0, 0.1) is 3.57 Å². The number of halogens is 1. The van der Waals surface area contributed by atoms with Crippen LogP contribution in [0.5, 0.6) is 0 Å². The summed E-state index contributed by atoms with van der Waals surface area (Å²) >= 11 is 2.29. The van der Waals surface area contributed by atoms with Gasteiger partial charge in [0.25, 0.3) is 0 Å². The lowest BCUT2D eigenvalue weighted by atomic mass is 10.0. The van der Waals surface area contributed by atoms with Crippen LogP contribution in [0.25, 0.3) is 22.0 Å². The van der Waals surface area contributed by atoms with Crippen LogP contribution < -0.4 is 0 Å². The maximum absolute atomic E-state index is 4.55. The summed E-state index contributed by atoms with van der Waals surface area (Å²) in [6.45, 7) is 0. The van der Waals surface area contributed by atoms with Gasteiger partial charge in [-0.25, -0.2) is 0 Å². The molecule has 0 aliphatic heterocycles. The zero-order valence-electron chi connectivity index (χ0n) is 9.10. The van der Waals surface area contributed by atoms with Crippen molar-refractivity contribution in [3.63, 3.8) is 0 Å². The summed E-state index contributed by atoms with van der Waals surface area (Å²) in [6.07, 6.45) is 1.91. The summed E-state index contributed by atoms with van der Waals surface area (Å²) in [4.78, 5) is 4.55. The normalized spacial score (nSPS) is 10.6. The molecule has 0 aliphatic rings. The Labute approximate surface area is 114 Å². The number of hydrogen-bond donors (Lipinski definition) is 0. The van der Waals surface area contributed by atoms with Gasteiger partial charge in [0, 0.05) is 20.7 Å². The summed E-state index contributed by atoms with van der Waals surface area (Å²) in [6, 6.07) is 18.9. The number of benzene rings is 2. The van der Waals surface area contributed by atoms with Crippen LogP contribution in [-0.2, 0) is 0 Å². The highest BCUT2D eigenvalue weighted by molar-refractivity contribution is 14.1. The zero-order valence-corrected chi connectivity index (χ0v) is 11.3. The molecular weight excluding hydrogens is 321 g/mol. The molecule has 0 N–H and O–H groups in total. The Morgan fingerprint density at radius 2 is 1.71 bits per heavy atom. The van der Waals surface area contributed by atoms with E-state index in [0.717, 1.165) is 5.52 Å². The van der Waals surface area contributed by atoms with Crippen LogP contribution >= 0.6 is 22.6 Å². The van der Waals surface area contributed by atoms with Crippen molar-refractivity contribution in [3.05, 3.63) is 64.4 Å². The third-order valence-electron chi connectivity index (χ3n) is 2.76. The van der Waals surface area contributed by atoms with Gasteiger partial charge in [-0.15, -0.1) is 0 Å². The van der Waals surface area contributed by atoms with Crippen LogP contribution in [0.3, 0.4) is 0 Å². The van der Waals surface area contributed by atoms with Gasteiger partial charge in [-0.2, -0.15) is 0 Å². The molecule has 1 aromatic heterocycles. The van der Waals surface area contributed by atoms with Crippen LogP contribution in [0.1, 0.15) is 0 Å². The van der Waals surface area contributed by atoms with Gasteiger partial charge >= 0.3 is 0 Å². The molecule has 0 amide bonds. The Hall–Kier alpha value is -1.42. The monoisotopic (exact) mass is 331 g/mol. The van der Waals surface area contributed by atoms with E-state index in [4.69, 9.17) is 0 Å². The molecule has 1 nitrogen and oxygen atoms in total. The van der Waals surface area contributed by atoms with Crippen molar-refractivity contribution in [2.45, 2.75) is 0 Å². The van der Waals surface area contributed by atoms with Crippen molar-refractivity contribution in [1.29, 1.82) is 0 Å². The molecule has 0 aliphatic carbocycles. The third kappa shape index (κ3) is 2.05. The van der Waals surface area contributed by atoms with Crippen LogP contribution in [0.4, 0.5) is 0 Å². The first-order chi connectivity index (χ1) is 8.34. The van der Waals surface area contributed by atoms with Crippen LogP contribution in [-0.4, -0.2) is 4.98 Å². The lowest BCUT2D eigenvalue weighted by molar-refractivity contribution is 1.39. The second-order valence-corrected chi connectivity index (χ2v) is 5.14. The number of aromatic nitrogens is 1. The molecule has 1 heterocycles. The van der Waals surface area contributed by atoms with Gasteiger partial charge < -0.3 is 0 Å². The quantitative estimate of drug-likeness (QED) is 0.598. The topological polar surface area (TPSA) is 12.9 Å². The van der Waals surface area contributed by atoms with E-state index in [0.29, 0.717) is 0 Å². The maximum atomic E-state index is 4.55. The minimum atomic E-state index is 1.07. The molecule has 2 heteroatoms. The first-order valence-corrected chi connectivity index (χ1v) is 6.52. The summed E-state index contributed by atoms with van der Waals surface area (Å²) in [5.41, 5.74) is 3.48. The van der Waals surface area contributed by atoms with E-state index in [1.165, 1.54) is 20.1 Å². The number of fused-ring (bicyclic) bond motifs is 1. The van der Waals surface area contributed by atoms with E-state index in [9.17, 15) is 0 Å². The van der Waals surface area contributed by atoms with Crippen molar-refractivity contribution in [2.75, 3.05) is 0 Å². The molecule has 0 spiro atoms. The predicted octanol–water partition coefficient (Wildman–Crippen LogP) is 4.51. The predicted molar refractivity (Wildman–Crippen MR) is 79.9 cm³/mol. The van der Waals surface area contributed by atoms with Crippen molar-refractivity contribution < 1.29 is 0 Å². The van der Waals surface area contributed by atoms with Crippen molar-refractivity contribution in [2.24, 2.45) is 0 Å². The van der Waals surface area contributed by atoms with Gasteiger partial charge in [0.2, 0.25) is 0 Å². The molecule has 3 rings (SSSR count). The molecule has 17 heavy (non-hydrogen) atoms. The maximum Gasteiger partial charge on any atom is 0.0781 e. The highest BCUT2D eigenvalue weighted by Crippen LogP contribution is 2.27. The Kier molecular flexibility index (Phi) is 2.81. The first-order valence-electron chi connectivity index (χ1n) is 5.44. The Bertz CT molecular complexity index is 662. The smallest absolute Gasteiger partial charge is 0.0781 e. The fourth-order valence-corrected chi connectivity index (χ4v) is 2.46. The molecular formula is C15H10IN. The van der Waals surface area contributed by atoms with E-state index >= 15 is 0 Å². The Morgan fingerprint density at radius 3 is 2.53 bits per heavy atom. The number of hydrogen-bond acceptors (Lipinski definition) is 1. The van der Waals surface area contributed by atoms with Crippen molar-refractivity contribution in [1.82, 2.24) is 4.98 Å². The standard InChI is InChI=1S/C15H10IN/c16-13-9-12-7-4-8-14(15(12)17-10-13)11-5-2-1-3-6-11/h1-10H.